The number of furan rings is 1. The third-order valence-corrected chi connectivity index (χ3v) is 6.95. The monoisotopic (exact) mass is 416 g/mol. The van der Waals surface area contributed by atoms with Crippen LogP contribution in [-0.2, 0) is 11.2 Å². The lowest BCUT2D eigenvalue weighted by molar-refractivity contribution is 0.150. The van der Waals surface area contributed by atoms with Gasteiger partial charge in [0, 0.05) is 51.8 Å². The summed E-state index contributed by atoms with van der Waals surface area (Å²) in [6.07, 6.45) is 13.1. The van der Waals surface area contributed by atoms with Gasteiger partial charge in [-0.3, -0.25) is 4.99 Å². The lowest BCUT2D eigenvalue weighted by Gasteiger charge is -2.34. The van der Waals surface area contributed by atoms with Gasteiger partial charge in [-0.25, -0.2) is 0 Å². The van der Waals surface area contributed by atoms with Gasteiger partial charge >= 0.3 is 0 Å². The molecule has 2 aliphatic heterocycles. The molecule has 1 aliphatic carbocycles. The summed E-state index contributed by atoms with van der Waals surface area (Å²) in [5.74, 6) is 3.52. The van der Waals surface area contributed by atoms with Crippen LogP contribution in [0.3, 0.4) is 0 Å². The fourth-order valence-corrected chi connectivity index (χ4v) is 5.05. The molecule has 1 aromatic heterocycles. The van der Waals surface area contributed by atoms with E-state index in [1.54, 1.807) is 6.26 Å². The van der Waals surface area contributed by atoms with Crippen LogP contribution in [0.15, 0.2) is 27.8 Å². The number of piperidine rings is 1. The van der Waals surface area contributed by atoms with Crippen molar-refractivity contribution in [1.82, 2.24) is 15.5 Å². The lowest BCUT2D eigenvalue weighted by atomic mass is 9.89. The number of rotatable bonds is 8. The first-order valence-corrected chi connectivity index (χ1v) is 12.2. The van der Waals surface area contributed by atoms with E-state index >= 15 is 0 Å². The number of nitrogens with zero attached hydrogens (tertiary/aromatic N) is 2. The van der Waals surface area contributed by atoms with Gasteiger partial charge in [0.15, 0.2) is 5.96 Å². The minimum Gasteiger partial charge on any atom is -0.469 e. The van der Waals surface area contributed by atoms with E-state index in [9.17, 15) is 0 Å². The summed E-state index contributed by atoms with van der Waals surface area (Å²) >= 11 is 0. The van der Waals surface area contributed by atoms with Gasteiger partial charge in [0.25, 0.3) is 0 Å². The molecule has 3 aliphatic rings. The van der Waals surface area contributed by atoms with Crippen molar-refractivity contribution in [2.45, 2.75) is 63.8 Å². The average Bonchev–Trinajstić information content (AvgIpc) is 3.48. The Bertz CT molecular complexity index is 613. The van der Waals surface area contributed by atoms with Crippen LogP contribution in [0.1, 0.15) is 57.1 Å². The van der Waals surface area contributed by atoms with Crippen molar-refractivity contribution in [3.05, 3.63) is 24.2 Å². The molecule has 1 unspecified atom stereocenters. The molecule has 4 rings (SSSR count). The molecule has 0 aromatic carbocycles. The highest BCUT2D eigenvalue weighted by atomic mass is 16.5. The molecule has 2 saturated heterocycles. The van der Waals surface area contributed by atoms with Crippen LogP contribution < -0.4 is 10.6 Å². The maximum absolute atomic E-state index is 5.54. The Hall–Kier alpha value is -1.53. The normalized spacial score (nSPS) is 24.9. The van der Waals surface area contributed by atoms with Crippen LogP contribution in [0.2, 0.25) is 0 Å². The fraction of sp³-hybridized carbons (Fsp3) is 0.792. The van der Waals surface area contributed by atoms with Gasteiger partial charge in [-0.05, 0) is 56.1 Å². The third-order valence-electron chi connectivity index (χ3n) is 6.95. The second-order valence-electron chi connectivity index (χ2n) is 9.40. The van der Waals surface area contributed by atoms with E-state index in [4.69, 9.17) is 14.1 Å². The minimum absolute atomic E-state index is 0.516. The van der Waals surface area contributed by atoms with Crippen LogP contribution in [-0.4, -0.2) is 62.8 Å². The minimum atomic E-state index is 0.516. The molecule has 0 spiro atoms. The van der Waals surface area contributed by atoms with Crippen molar-refractivity contribution >= 4 is 5.96 Å². The molecular weight excluding hydrogens is 376 g/mol. The third kappa shape index (κ3) is 7.02. The van der Waals surface area contributed by atoms with Gasteiger partial charge in [-0.1, -0.05) is 19.3 Å². The Kier molecular flexibility index (Phi) is 8.50. The zero-order valence-electron chi connectivity index (χ0n) is 18.5. The molecule has 1 atom stereocenters. The number of hydrogen-bond acceptors (Lipinski definition) is 4. The molecule has 2 N–H and O–H groups in total. The second kappa shape index (κ2) is 11.8. The van der Waals surface area contributed by atoms with Crippen LogP contribution in [0.5, 0.6) is 0 Å². The lowest BCUT2D eigenvalue weighted by Crippen LogP contribution is -2.49. The predicted octanol–water partition coefficient (Wildman–Crippen LogP) is 3.44. The van der Waals surface area contributed by atoms with E-state index in [-0.39, 0.29) is 0 Å². The van der Waals surface area contributed by atoms with E-state index < -0.39 is 0 Å². The predicted molar refractivity (Wildman–Crippen MR) is 121 cm³/mol. The molecule has 6 heteroatoms. The Balaban J connectivity index is 1.24. The molecule has 1 aromatic rings. The van der Waals surface area contributed by atoms with Crippen molar-refractivity contribution in [2.24, 2.45) is 16.8 Å². The second-order valence-corrected chi connectivity index (χ2v) is 9.40. The summed E-state index contributed by atoms with van der Waals surface area (Å²) in [4.78, 5) is 7.62. The summed E-state index contributed by atoms with van der Waals surface area (Å²) in [7, 11) is 0. The SMILES string of the molecule is c1coc(CCNC(=NCC2CCCCC2)NC2CCN(CC3CCOC3)CC2)c1. The molecule has 168 valence electrons. The summed E-state index contributed by atoms with van der Waals surface area (Å²) in [5, 5.41) is 7.31. The first kappa shape index (κ1) is 21.7. The molecule has 0 bridgehead atoms. The molecule has 3 heterocycles. The topological polar surface area (TPSA) is 62.0 Å². The smallest absolute Gasteiger partial charge is 0.191 e. The van der Waals surface area contributed by atoms with Crippen molar-refractivity contribution in [3.8, 4) is 0 Å². The average molecular weight is 417 g/mol. The zero-order valence-corrected chi connectivity index (χ0v) is 18.5. The first-order chi connectivity index (χ1) is 14.8. The van der Waals surface area contributed by atoms with Crippen molar-refractivity contribution in [2.75, 3.05) is 45.9 Å². The van der Waals surface area contributed by atoms with Gasteiger partial charge in [0.1, 0.15) is 5.76 Å². The maximum atomic E-state index is 5.54. The van der Waals surface area contributed by atoms with Gasteiger partial charge in [-0.15, -0.1) is 0 Å². The largest absolute Gasteiger partial charge is 0.469 e. The molecule has 0 amide bonds. The Labute approximate surface area is 181 Å². The molecule has 30 heavy (non-hydrogen) atoms. The number of guanidine groups is 1. The highest BCUT2D eigenvalue weighted by molar-refractivity contribution is 5.80. The summed E-state index contributed by atoms with van der Waals surface area (Å²) in [6, 6.07) is 4.51. The summed E-state index contributed by atoms with van der Waals surface area (Å²) < 4.78 is 11.0. The van der Waals surface area contributed by atoms with E-state index in [2.05, 4.69) is 15.5 Å². The Morgan fingerprint density at radius 2 is 1.93 bits per heavy atom. The van der Waals surface area contributed by atoms with Gasteiger partial charge < -0.3 is 24.7 Å². The van der Waals surface area contributed by atoms with Crippen molar-refractivity contribution in [1.29, 1.82) is 0 Å². The molecule has 0 radical (unpaired) electrons. The number of likely N-dealkylation sites (tertiary alicyclic amines) is 1. The quantitative estimate of drug-likeness (QED) is 0.502. The summed E-state index contributed by atoms with van der Waals surface area (Å²) in [6.45, 7) is 7.27. The number of hydrogen-bond donors (Lipinski definition) is 2. The summed E-state index contributed by atoms with van der Waals surface area (Å²) in [5.41, 5.74) is 0. The highest BCUT2D eigenvalue weighted by Gasteiger charge is 2.24. The number of nitrogens with one attached hydrogen (secondary N) is 2. The van der Waals surface area contributed by atoms with E-state index in [0.717, 1.165) is 56.3 Å². The fourth-order valence-electron chi connectivity index (χ4n) is 5.05. The van der Waals surface area contributed by atoms with Crippen LogP contribution >= 0.6 is 0 Å². The van der Waals surface area contributed by atoms with Crippen LogP contribution in [0.25, 0.3) is 0 Å². The van der Waals surface area contributed by atoms with E-state index in [1.807, 2.05) is 12.1 Å². The standard InChI is InChI=1S/C24H40N4O2/c1-2-5-20(6-3-1)17-26-24(25-12-8-23-7-4-15-30-23)27-22-9-13-28(14-10-22)18-21-11-16-29-19-21/h4,7,15,20-22H,1-3,5-6,8-14,16-19H2,(H2,25,26,27). The molecular formula is C24H40N4O2. The van der Waals surface area contributed by atoms with Crippen LogP contribution in [0, 0.1) is 11.8 Å². The zero-order chi connectivity index (χ0) is 20.4. The van der Waals surface area contributed by atoms with Crippen molar-refractivity contribution in [3.63, 3.8) is 0 Å². The van der Waals surface area contributed by atoms with Gasteiger partial charge in [0.05, 0.1) is 12.9 Å². The van der Waals surface area contributed by atoms with Crippen molar-refractivity contribution < 1.29 is 9.15 Å². The highest BCUT2D eigenvalue weighted by Crippen LogP contribution is 2.23. The molecule has 1 saturated carbocycles. The molecule has 6 nitrogen and oxygen atoms in total. The Morgan fingerprint density at radius 3 is 2.67 bits per heavy atom. The number of ether oxygens (including phenoxy) is 1. The van der Waals surface area contributed by atoms with Gasteiger partial charge in [-0.2, -0.15) is 0 Å². The van der Waals surface area contributed by atoms with E-state index in [1.165, 1.54) is 71.0 Å². The maximum Gasteiger partial charge on any atom is 0.191 e. The van der Waals surface area contributed by atoms with Gasteiger partial charge in [0.2, 0.25) is 0 Å². The Morgan fingerprint density at radius 1 is 1.07 bits per heavy atom. The van der Waals surface area contributed by atoms with E-state index in [0.29, 0.717) is 6.04 Å². The van der Waals surface area contributed by atoms with Crippen LogP contribution in [0.4, 0.5) is 0 Å². The first-order valence-electron chi connectivity index (χ1n) is 12.2. The molecule has 3 fully saturated rings. The number of aliphatic imine (C=N–C) groups is 1.